The number of nitrogens with zero attached hydrogens (tertiary/aromatic N) is 2. The Morgan fingerprint density at radius 3 is 2.68 bits per heavy atom. The van der Waals surface area contributed by atoms with Crippen molar-refractivity contribution in [2.75, 3.05) is 33.4 Å². The number of nitrogens with one attached hydrogen (secondary N) is 3. The fourth-order valence-corrected chi connectivity index (χ4v) is 2.03. The van der Waals surface area contributed by atoms with Crippen LogP contribution in [0.3, 0.4) is 0 Å². The van der Waals surface area contributed by atoms with Gasteiger partial charge in [0.25, 0.3) is 11.5 Å². The first-order chi connectivity index (χ1) is 11.0. The van der Waals surface area contributed by atoms with Gasteiger partial charge in [-0.15, -0.1) is 24.8 Å². The van der Waals surface area contributed by atoms with Gasteiger partial charge in [0.05, 0.1) is 17.6 Å². The minimum atomic E-state index is -0.563. The van der Waals surface area contributed by atoms with Crippen molar-refractivity contribution in [3.05, 3.63) is 38.7 Å². The molecule has 0 unspecified atom stereocenters. The molecule has 11 heteroatoms. The van der Waals surface area contributed by atoms with E-state index in [9.17, 15) is 14.4 Å². The maximum atomic E-state index is 12.1. The zero-order chi connectivity index (χ0) is 16.8. The Labute approximate surface area is 156 Å². The molecule has 0 saturated carbocycles. The predicted octanol–water partition coefficient (Wildman–Crippen LogP) is -0.569. The number of rotatable bonds is 7. The van der Waals surface area contributed by atoms with Crippen LogP contribution in [0, 0.1) is 0 Å². The number of carbonyl (C=O) groups is 1. The van der Waals surface area contributed by atoms with Crippen molar-refractivity contribution in [3.8, 4) is 0 Å². The SMILES string of the molecule is COCCNCCNC(=O)c1cnc2c(c1)c(=O)[nH]c(=O)n2C.Cl.Cl. The fourth-order valence-electron chi connectivity index (χ4n) is 2.03. The van der Waals surface area contributed by atoms with Crippen LogP contribution in [0.5, 0.6) is 0 Å². The summed E-state index contributed by atoms with van der Waals surface area (Å²) >= 11 is 0. The third-order valence-corrected chi connectivity index (χ3v) is 3.29. The van der Waals surface area contributed by atoms with Crippen molar-refractivity contribution >= 4 is 41.8 Å². The zero-order valence-corrected chi connectivity index (χ0v) is 15.5. The highest BCUT2D eigenvalue weighted by Gasteiger charge is 2.11. The number of fused-ring (bicyclic) bond motifs is 1. The van der Waals surface area contributed by atoms with Crippen LogP contribution in [0.2, 0.25) is 0 Å². The van der Waals surface area contributed by atoms with Gasteiger partial charge in [-0.3, -0.25) is 19.1 Å². The number of carbonyl (C=O) groups excluding carboxylic acids is 1. The molecule has 0 spiro atoms. The van der Waals surface area contributed by atoms with Gasteiger partial charge in [-0.25, -0.2) is 9.78 Å². The molecule has 0 fully saturated rings. The lowest BCUT2D eigenvalue weighted by Crippen LogP contribution is -2.33. The molecule has 0 bridgehead atoms. The van der Waals surface area contributed by atoms with Gasteiger partial charge in [0.15, 0.2) is 0 Å². The van der Waals surface area contributed by atoms with Gasteiger partial charge in [0.1, 0.15) is 5.65 Å². The second kappa shape index (κ2) is 10.8. The number of aromatic nitrogens is 3. The third kappa shape index (κ3) is 5.82. The van der Waals surface area contributed by atoms with Crippen LogP contribution in [0.1, 0.15) is 10.4 Å². The van der Waals surface area contributed by atoms with E-state index in [2.05, 4.69) is 20.6 Å². The van der Waals surface area contributed by atoms with Crippen LogP contribution in [-0.4, -0.2) is 53.8 Å². The Hall–Kier alpha value is -1.94. The Bertz CT molecular complexity index is 821. The van der Waals surface area contributed by atoms with Crippen LogP contribution < -0.4 is 21.9 Å². The zero-order valence-electron chi connectivity index (χ0n) is 13.8. The topological polar surface area (TPSA) is 118 Å². The first kappa shape index (κ1) is 23.1. The van der Waals surface area contributed by atoms with Crippen LogP contribution in [0.4, 0.5) is 0 Å². The van der Waals surface area contributed by atoms with Gasteiger partial charge >= 0.3 is 5.69 Å². The minimum Gasteiger partial charge on any atom is -0.383 e. The average Bonchev–Trinajstić information content (AvgIpc) is 2.55. The molecule has 1 amide bonds. The molecule has 2 aromatic heterocycles. The predicted molar refractivity (Wildman–Crippen MR) is 99.2 cm³/mol. The Morgan fingerprint density at radius 2 is 2.00 bits per heavy atom. The molecule has 0 saturated heterocycles. The van der Waals surface area contributed by atoms with Crippen LogP contribution >= 0.6 is 24.8 Å². The number of pyridine rings is 1. The fraction of sp³-hybridized carbons (Fsp3) is 0.429. The van der Waals surface area contributed by atoms with Gasteiger partial charge in [-0.2, -0.15) is 0 Å². The molecule has 0 radical (unpaired) electrons. The van der Waals surface area contributed by atoms with Gasteiger partial charge in [0.2, 0.25) is 0 Å². The van der Waals surface area contributed by atoms with E-state index in [1.165, 1.54) is 23.9 Å². The smallest absolute Gasteiger partial charge is 0.329 e. The lowest BCUT2D eigenvalue weighted by atomic mass is 10.2. The highest BCUT2D eigenvalue weighted by atomic mass is 35.5. The second-order valence-corrected chi connectivity index (χ2v) is 4.91. The molecule has 0 aliphatic heterocycles. The molecule has 0 aromatic carbocycles. The first-order valence-corrected chi connectivity index (χ1v) is 7.11. The summed E-state index contributed by atoms with van der Waals surface area (Å²) in [5.74, 6) is -0.332. The van der Waals surface area contributed by atoms with Gasteiger partial charge in [-0.1, -0.05) is 0 Å². The van der Waals surface area contributed by atoms with Crippen LogP contribution in [-0.2, 0) is 11.8 Å². The second-order valence-electron chi connectivity index (χ2n) is 4.91. The van der Waals surface area contributed by atoms with E-state index in [-0.39, 0.29) is 47.3 Å². The molecule has 2 aromatic rings. The van der Waals surface area contributed by atoms with E-state index in [1.54, 1.807) is 7.11 Å². The number of H-pyrrole nitrogens is 1. The van der Waals surface area contributed by atoms with Gasteiger partial charge in [-0.05, 0) is 6.07 Å². The number of aryl methyl sites for hydroxylation is 1. The summed E-state index contributed by atoms with van der Waals surface area (Å²) in [7, 11) is 3.12. The molecule has 0 aliphatic rings. The summed E-state index contributed by atoms with van der Waals surface area (Å²) in [4.78, 5) is 41.6. The number of halogens is 2. The largest absolute Gasteiger partial charge is 0.383 e. The summed E-state index contributed by atoms with van der Waals surface area (Å²) in [6.07, 6.45) is 1.34. The monoisotopic (exact) mass is 393 g/mol. The molecule has 0 atom stereocenters. The number of hydrogen-bond acceptors (Lipinski definition) is 6. The number of amides is 1. The van der Waals surface area contributed by atoms with E-state index in [0.717, 1.165) is 0 Å². The van der Waals surface area contributed by atoms with E-state index in [4.69, 9.17) is 4.74 Å². The van der Waals surface area contributed by atoms with Gasteiger partial charge in [0, 0.05) is 40.0 Å². The van der Waals surface area contributed by atoms with Crippen molar-refractivity contribution in [2.45, 2.75) is 0 Å². The third-order valence-electron chi connectivity index (χ3n) is 3.29. The first-order valence-electron chi connectivity index (χ1n) is 7.11. The Morgan fingerprint density at radius 1 is 1.28 bits per heavy atom. The van der Waals surface area contributed by atoms with Crippen molar-refractivity contribution in [2.24, 2.45) is 7.05 Å². The summed E-state index contributed by atoms with van der Waals surface area (Å²) < 4.78 is 6.11. The van der Waals surface area contributed by atoms with Crippen molar-refractivity contribution < 1.29 is 9.53 Å². The molecule has 9 nitrogen and oxygen atoms in total. The summed E-state index contributed by atoms with van der Waals surface area (Å²) in [5, 5.41) is 6.01. The Balaban J connectivity index is 0.00000288. The minimum absolute atomic E-state index is 0. The van der Waals surface area contributed by atoms with E-state index in [1.807, 2.05) is 0 Å². The maximum Gasteiger partial charge on any atom is 0.329 e. The van der Waals surface area contributed by atoms with Crippen molar-refractivity contribution in [1.82, 2.24) is 25.2 Å². The molecule has 3 N–H and O–H groups in total. The Kier molecular flexibility index (Phi) is 9.99. The molecular weight excluding hydrogens is 373 g/mol. The average molecular weight is 394 g/mol. The molecule has 2 heterocycles. The molecule has 0 aliphatic carbocycles. The summed E-state index contributed by atoms with van der Waals surface area (Å²) in [5.41, 5.74) is -0.615. The lowest BCUT2D eigenvalue weighted by Gasteiger charge is -2.08. The van der Waals surface area contributed by atoms with Crippen LogP contribution in [0.15, 0.2) is 21.9 Å². The molecule has 2 rings (SSSR count). The number of methoxy groups -OCH3 is 1. The van der Waals surface area contributed by atoms with Crippen molar-refractivity contribution in [3.63, 3.8) is 0 Å². The van der Waals surface area contributed by atoms with E-state index < -0.39 is 11.2 Å². The normalized spacial score (nSPS) is 10.0. The van der Waals surface area contributed by atoms with E-state index >= 15 is 0 Å². The number of aromatic amines is 1. The maximum absolute atomic E-state index is 12.1. The molecule has 140 valence electrons. The molecule has 25 heavy (non-hydrogen) atoms. The quantitative estimate of drug-likeness (QED) is 0.542. The molecular formula is C14H21Cl2N5O4. The number of ether oxygens (including phenoxy) is 1. The summed E-state index contributed by atoms with van der Waals surface area (Å²) in [6, 6.07) is 1.42. The van der Waals surface area contributed by atoms with Crippen molar-refractivity contribution in [1.29, 1.82) is 0 Å². The lowest BCUT2D eigenvalue weighted by molar-refractivity contribution is 0.0953. The van der Waals surface area contributed by atoms with E-state index in [0.29, 0.717) is 26.2 Å². The highest BCUT2D eigenvalue weighted by molar-refractivity contribution is 5.96. The number of hydrogen-bond donors (Lipinski definition) is 3. The van der Waals surface area contributed by atoms with Crippen LogP contribution in [0.25, 0.3) is 11.0 Å². The van der Waals surface area contributed by atoms with Gasteiger partial charge < -0.3 is 15.4 Å². The standard InChI is InChI=1S/C14H19N5O4.2ClH/c1-19-11-10(13(21)18-14(19)22)7-9(8-17-11)12(20)16-4-3-15-5-6-23-2;;/h7-8,15H,3-6H2,1-2H3,(H,16,20)(H,18,21,22);2*1H. The highest BCUT2D eigenvalue weighted by Crippen LogP contribution is 2.06. The summed E-state index contributed by atoms with van der Waals surface area (Å²) in [6.45, 7) is 2.34.